The maximum Gasteiger partial charge on any atom is 0.152 e. The smallest absolute Gasteiger partial charge is 0.152 e. The highest BCUT2D eigenvalue weighted by Gasteiger charge is 2.13. The van der Waals surface area contributed by atoms with Crippen molar-refractivity contribution in [3.8, 4) is 6.07 Å². The van der Waals surface area contributed by atoms with Gasteiger partial charge >= 0.3 is 0 Å². The third kappa shape index (κ3) is 3.52. The van der Waals surface area contributed by atoms with Gasteiger partial charge in [0.05, 0.1) is 17.7 Å². The van der Waals surface area contributed by atoms with Crippen molar-refractivity contribution in [3.63, 3.8) is 0 Å². The van der Waals surface area contributed by atoms with Crippen LogP contribution in [-0.4, -0.2) is 11.7 Å². The fourth-order valence-electron chi connectivity index (χ4n) is 1.81. The van der Waals surface area contributed by atoms with E-state index in [1.165, 1.54) is 12.1 Å². The number of hydrogen-bond donors (Lipinski definition) is 2. The van der Waals surface area contributed by atoms with E-state index in [1.807, 2.05) is 6.07 Å². The van der Waals surface area contributed by atoms with E-state index in [4.69, 9.17) is 5.26 Å². The van der Waals surface area contributed by atoms with Crippen LogP contribution in [0.25, 0.3) is 0 Å². The molecule has 2 aromatic carbocycles. The lowest BCUT2D eigenvalue weighted by molar-refractivity contribution is 0.191. The topological polar surface area (TPSA) is 56.0 Å². The van der Waals surface area contributed by atoms with Gasteiger partial charge in [-0.1, -0.05) is 12.1 Å². The number of halogens is 3. The highest BCUT2D eigenvalue weighted by atomic mass is 19.1. The van der Waals surface area contributed by atoms with Crippen LogP contribution in [0.4, 0.5) is 18.9 Å². The Morgan fingerprint density at radius 1 is 1.10 bits per heavy atom. The maximum atomic E-state index is 13.4. The van der Waals surface area contributed by atoms with Gasteiger partial charge < -0.3 is 10.4 Å². The molecule has 108 valence electrons. The zero-order chi connectivity index (χ0) is 15.4. The van der Waals surface area contributed by atoms with Crippen molar-refractivity contribution >= 4 is 5.69 Å². The second-order valence-corrected chi connectivity index (χ2v) is 4.37. The Labute approximate surface area is 119 Å². The molecule has 0 radical (unpaired) electrons. The van der Waals surface area contributed by atoms with E-state index in [1.54, 1.807) is 12.1 Å². The van der Waals surface area contributed by atoms with E-state index in [9.17, 15) is 18.3 Å². The molecule has 2 aromatic rings. The molecule has 0 saturated carbocycles. The van der Waals surface area contributed by atoms with Crippen LogP contribution in [0, 0.1) is 28.8 Å². The molecular weight excluding hydrogens is 281 g/mol. The molecule has 0 heterocycles. The first-order valence-electron chi connectivity index (χ1n) is 6.08. The van der Waals surface area contributed by atoms with E-state index >= 15 is 0 Å². The van der Waals surface area contributed by atoms with E-state index in [0.717, 1.165) is 0 Å². The molecule has 0 aliphatic carbocycles. The molecule has 0 aliphatic heterocycles. The van der Waals surface area contributed by atoms with Crippen LogP contribution in [0.2, 0.25) is 0 Å². The van der Waals surface area contributed by atoms with Crippen molar-refractivity contribution in [2.24, 2.45) is 0 Å². The molecule has 0 spiro atoms. The molecule has 6 heteroatoms. The van der Waals surface area contributed by atoms with Gasteiger partial charge in [-0.25, -0.2) is 13.2 Å². The van der Waals surface area contributed by atoms with Crippen molar-refractivity contribution in [1.82, 2.24) is 0 Å². The molecule has 2 rings (SSSR count). The quantitative estimate of drug-likeness (QED) is 0.910. The van der Waals surface area contributed by atoms with E-state index in [0.29, 0.717) is 23.3 Å². The lowest BCUT2D eigenvalue weighted by Crippen LogP contribution is -2.14. The Bertz CT molecular complexity index is 657. The Morgan fingerprint density at radius 3 is 2.19 bits per heavy atom. The van der Waals surface area contributed by atoms with Crippen LogP contribution >= 0.6 is 0 Å². The number of nitrogens with zero attached hydrogens (tertiary/aromatic N) is 1. The highest BCUT2D eigenvalue weighted by Crippen LogP contribution is 2.22. The first kappa shape index (κ1) is 14.9. The predicted molar refractivity (Wildman–Crippen MR) is 70.9 cm³/mol. The minimum Gasteiger partial charge on any atom is -0.387 e. The Morgan fingerprint density at radius 2 is 1.67 bits per heavy atom. The van der Waals surface area contributed by atoms with Gasteiger partial charge in [0.15, 0.2) is 11.6 Å². The van der Waals surface area contributed by atoms with Gasteiger partial charge in [-0.3, -0.25) is 0 Å². The van der Waals surface area contributed by atoms with Crippen LogP contribution in [-0.2, 0) is 0 Å². The number of hydrogen-bond acceptors (Lipinski definition) is 3. The number of benzene rings is 2. The van der Waals surface area contributed by atoms with Gasteiger partial charge in [-0.2, -0.15) is 5.26 Å². The predicted octanol–water partition coefficient (Wildman–Crippen LogP) is 3.12. The minimum absolute atomic E-state index is 0.161. The fraction of sp³-hybridized carbons (Fsp3) is 0.133. The summed E-state index contributed by atoms with van der Waals surface area (Å²) < 4.78 is 39.6. The molecule has 0 aromatic heterocycles. The van der Waals surface area contributed by atoms with Gasteiger partial charge in [-0.05, 0) is 17.7 Å². The van der Waals surface area contributed by atoms with Crippen molar-refractivity contribution in [3.05, 3.63) is 65.0 Å². The monoisotopic (exact) mass is 292 g/mol. The van der Waals surface area contributed by atoms with Crippen LogP contribution in [0.3, 0.4) is 0 Å². The lowest BCUT2D eigenvalue weighted by atomic mass is 10.1. The standard InChI is InChI=1S/C15H11F3N2O/c16-11-5-12(17)15(13(18)6-11)20-8-14(21)10-3-1-9(7-19)2-4-10/h1-6,14,20-21H,8H2. The van der Waals surface area contributed by atoms with E-state index < -0.39 is 29.2 Å². The fourth-order valence-corrected chi connectivity index (χ4v) is 1.81. The third-order valence-electron chi connectivity index (χ3n) is 2.90. The summed E-state index contributed by atoms with van der Waals surface area (Å²) >= 11 is 0. The lowest BCUT2D eigenvalue weighted by Gasteiger charge is -2.14. The molecule has 0 fully saturated rings. The number of rotatable bonds is 4. The molecule has 0 bridgehead atoms. The van der Waals surface area contributed by atoms with Crippen molar-refractivity contribution < 1.29 is 18.3 Å². The van der Waals surface area contributed by atoms with E-state index in [-0.39, 0.29) is 6.54 Å². The minimum atomic E-state index is -1.07. The second-order valence-electron chi connectivity index (χ2n) is 4.37. The van der Waals surface area contributed by atoms with Gasteiger partial charge in [0.25, 0.3) is 0 Å². The molecule has 1 atom stereocenters. The summed E-state index contributed by atoms with van der Waals surface area (Å²) in [7, 11) is 0. The molecular formula is C15H11F3N2O. The van der Waals surface area contributed by atoms with Crippen LogP contribution < -0.4 is 5.32 Å². The average Bonchev–Trinajstić information content (AvgIpc) is 2.46. The summed E-state index contributed by atoms with van der Waals surface area (Å²) in [6.07, 6.45) is -1.03. The number of nitrogens with one attached hydrogen (secondary N) is 1. The zero-order valence-corrected chi connectivity index (χ0v) is 10.8. The number of aliphatic hydroxyl groups excluding tert-OH is 1. The summed E-state index contributed by atoms with van der Waals surface area (Å²) in [6.45, 7) is -0.161. The average molecular weight is 292 g/mol. The third-order valence-corrected chi connectivity index (χ3v) is 2.90. The summed E-state index contributed by atoms with van der Waals surface area (Å²) in [6, 6.07) is 9.19. The Hall–Kier alpha value is -2.52. The number of nitriles is 1. The molecule has 0 aliphatic rings. The molecule has 3 nitrogen and oxygen atoms in total. The largest absolute Gasteiger partial charge is 0.387 e. The summed E-state index contributed by atoms with van der Waals surface area (Å²) in [5.74, 6) is -3.15. The first-order chi connectivity index (χ1) is 10.0. The van der Waals surface area contributed by atoms with E-state index in [2.05, 4.69) is 5.32 Å². The zero-order valence-electron chi connectivity index (χ0n) is 10.8. The van der Waals surface area contributed by atoms with Gasteiger partial charge in [0, 0.05) is 18.7 Å². The SMILES string of the molecule is N#Cc1ccc(C(O)CNc2c(F)cc(F)cc2F)cc1. The van der Waals surface area contributed by atoms with Gasteiger partial charge in [-0.15, -0.1) is 0 Å². The van der Waals surface area contributed by atoms with Crippen molar-refractivity contribution in [2.75, 3.05) is 11.9 Å². The molecule has 2 N–H and O–H groups in total. The van der Waals surface area contributed by atoms with Crippen LogP contribution in [0.5, 0.6) is 0 Å². The maximum absolute atomic E-state index is 13.4. The summed E-state index contributed by atoms with van der Waals surface area (Å²) in [5.41, 5.74) is 0.433. The molecule has 1 unspecified atom stereocenters. The Balaban J connectivity index is 2.07. The number of anilines is 1. The number of aliphatic hydroxyl groups is 1. The van der Waals surface area contributed by atoms with Gasteiger partial charge in [0.2, 0.25) is 0 Å². The summed E-state index contributed by atoms with van der Waals surface area (Å²) in [5, 5.41) is 21.0. The molecule has 21 heavy (non-hydrogen) atoms. The van der Waals surface area contributed by atoms with Crippen molar-refractivity contribution in [1.29, 1.82) is 5.26 Å². The summed E-state index contributed by atoms with van der Waals surface area (Å²) in [4.78, 5) is 0. The Kier molecular flexibility index (Phi) is 4.45. The second kappa shape index (κ2) is 6.29. The normalized spacial score (nSPS) is 11.8. The molecule has 0 saturated heterocycles. The molecule has 0 amide bonds. The van der Waals surface area contributed by atoms with Crippen LogP contribution in [0.15, 0.2) is 36.4 Å². The first-order valence-corrected chi connectivity index (χ1v) is 6.08. The van der Waals surface area contributed by atoms with Crippen molar-refractivity contribution in [2.45, 2.75) is 6.10 Å². The van der Waals surface area contributed by atoms with Crippen LogP contribution in [0.1, 0.15) is 17.2 Å². The highest BCUT2D eigenvalue weighted by molar-refractivity contribution is 5.46. The van der Waals surface area contributed by atoms with Gasteiger partial charge in [0.1, 0.15) is 11.5 Å².